The van der Waals surface area contributed by atoms with Gasteiger partial charge in [-0.15, -0.1) is 0 Å². The number of hydrogen-bond donors (Lipinski definition) is 2. The summed E-state index contributed by atoms with van der Waals surface area (Å²) in [5, 5.41) is 12.4. The van der Waals surface area contributed by atoms with Crippen molar-refractivity contribution in [3.8, 4) is 5.75 Å². The van der Waals surface area contributed by atoms with Gasteiger partial charge in [-0.2, -0.15) is 13.2 Å². The molecule has 0 spiro atoms. The Bertz CT molecular complexity index is 912. The highest BCUT2D eigenvalue weighted by Gasteiger charge is 2.31. The van der Waals surface area contributed by atoms with Crippen LogP contribution in [0.1, 0.15) is 63.2 Å². The average Bonchev–Trinajstić information content (AvgIpc) is 2.83. The average molecular weight is 546 g/mol. The van der Waals surface area contributed by atoms with Crippen molar-refractivity contribution < 1.29 is 37.3 Å². The number of benzene rings is 1. The van der Waals surface area contributed by atoms with Crippen LogP contribution in [0.15, 0.2) is 18.2 Å². The van der Waals surface area contributed by atoms with Gasteiger partial charge in [-0.1, -0.05) is 6.92 Å². The van der Waals surface area contributed by atoms with Gasteiger partial charge in [0.1, 0.15) is 5.75 Å². The summed E-state index contributed by atoms with van der Waals surface area (Å²) < 4.78 is 49.9. The summed E-state index contributed by atoms with van der Waals surface area (Å²) >= 11 is 0. The molecule has 0 fully saturated rings. The highest BCUT2D eigenvalue weighted by atomic mass is 19.4. The minimum absolute atomic E-state index is 0.0631. The Morgan fingerprint density at radius 1 is 1.26 bits per heavy atom. The SMILES string of the molecule is C[C@H]1CCCCO[C@H](CN(C)C)[C@@H](C)CN([C@@H](C)CO)C(=O)c2cc(NC(=O)CCC(F)(F)F)ccc2O1. The molecule has 2 rings (SSSR count). The van der Waals surface area contributed by atoms with Gasteiger partial charge in [-0.25, -0.2) is 0 Å². The number of nitrogens with one attached hydrogen (secondary N) is 1. The van der Waals surface area contributed by atoms with Crippen molar-refractivity contribution in [3.05, 3.63) is 23.8 Å². The summed E-state index contributed by atoms with van der Waals surface area (Å²) in [4.78, 5) is 29.6. The first-order valence-corrected chi connectivity index (χ1v) is 13.2. The lowest BCUT2D eigenvalue weighted by Gasteiger charge is -2.35. The second kappa shape index (κ2) is 14.7. The van der Waals surface area contributed by atoms with Gasteiger partial charge in [0.2, 0.25) is 5.91 Å². The molecule has 38 heavy (non-hydrogen) atoms. The number of anilines is 1. The molecular weight excluding hydrogens is 503 g/mol. The minimum Gasteiger partial charge on any atom is -0.490 e. The molecule has 2 N–H and O–H groups in total. The van der Waals surface area contributed by atoms with E-state index in [1.165, 1.54) is 12.1 Å². The molecule has 1 aromatic rings. The summed E-state index contributed by atoms with van der Waals surface area (Å²) in [7, 11) is 3.92. The van der Waals surface area contributed by atoms with Crippen LogP contribution in [0.2, 0.25) is 0 Å². The fourth-order valence-electron chi connectivity index (χ4n) is 4.30. The van der Waals surface area contributed by atoms with Crippen LogP contribution in [0.4, 0.5) is 18.9 Å². The van der Waals surface area contributed by atoms with E-state index in [4.69, 9.17) is 9.47 Å². The standard InChI is InChI=1S/C27H42F3N3O5/c1-18-15-33(19(2)17-34)26(36)22-14-21(31-25(35)11-12-27(28,29)30)9-10-23(22)38-20(3)8-6-7-13-37-24(18)16-32(4)5/h9-10,14,18-20,24,34H,6-8,11-13,15-17H2,1-5H3,(H,31,35)/t18-,19-,20-,24+/m0/s1. The van der Waals surface area contributed by atoms with Crippen LogP contribution in [-0.4, -0.2) is 91.5 Å². The smallest absolute Gasteiger partial charge is 0.389 e. The van der Waals surface area contributed by atoms with Crippen molar-refractivity contribution >= 4 is 17.5 Å². The van der Waals surface area contributed by atoms with Crippen LogP contribution in [0.25, 0.3) is 0 Å². The van der Waals surface area contributed by atoms with Crippen LogP contribution in [0.5, 0.6) is 5.75 Å². The van der Waals surface area contributed by atoms with Gasteiger partial charge in [-0.05, 0) is 65.4 Å². The Morgan fingerprint density at radius 3 is 2.61 bits per heavy atom. The van der Waals surface area contributed by atoms with Gasteiger partial charge < -0.3 is 29.7 Å². The molecule has 8 nitrogen and oxygen atoms in total. The normalized spacial score (nSPS) is 22.8. The molecule has 11 heteroatoms. The monoisotopic (exact) mass is 545 g/mol. The van der Waals surface area contributed by atoms with Gasteiger partial charge in [0.15, 0.2) is 0 Å². The number of alkyl halides is 3. The van der Waals surface area contributed by atoms with E-state index in [1.54, 1.807) is 17.9 Å². The molecule has 2 amide bonds. The number of aliphatic hydroxyl groups excluding tert-OH is 1. The van der Waals surface area contributed by atoms with Crippen LogP contribution in [-0.2, 0) is 9.53 Å². The van der Waals surface area contributed by atoms with Crippen LogP contribution in [0, 0.1) is 5.92 Å². The Labute approximate surface area is 223 Å². The van der Waals surface area contributed by atoms with E-state index in [0.29, 0.717) is 25.4 Å². The second-order valence-corrected chi connectivity index (χ2v) is 10.4. The quantitative estimate of drug-likeness (QED) is 0.530. The Kier molecular flexibility index (Phi) is 12.3. The zero-order chi connectivity index (χ0) is 28.5. The number of carbonyl (C=O) groups is 2. The number of ether oxygens (including phenoxy) is 2. The van der Waals surface area contributed by atoms with E-state index in [0.717, 1.165) is 19.3 Å². The van der Waals surface area contributed by atoms with E-state index in [-0.39, 0.29) is 36.0 Å². The van der Waals surface area contributed by atoms with Gasteiger partial charge >= 0.3 is 6.18 Å². The largest absolute Gasteiger partial charge is 0.490 e. The molecule has 1 aliphatic heterocycles. The lowest BCUT2D eigenvalue weighted by Crippen LogP contribution is -2.47. The summed E-state index contributed by atoms with van der Waals surface area (Å²) in [6, 6.07) is 3.97. The van der Waals surface area contributed by atoms with Crippen molar-refractivity contribution in [2.45, 2.75) is 77.3 Å². The molecule has 0 saturated carbocycles. The number of likely N-dealkylation sites (N-methyl/N-ethyl adjacent to an activating group) is 1. The number of nitrogens with zero attached hydrogens (tertiary/aromatic N) is 2. The number of aliphatic hydroxyl groups is 1. The highest BCUT2D eigenvalue weighted by Crippen LogP contribution is 2.29. The van der Waals surface area contributed by atoms with E-state index < -0.39 is 36.9 Å². The van der Waals surface area contributed by atoms with E-state index >= 15 is 0 Å². The van der Waals surface area contributed by atoms with Crippen molar-refractivity contribution in [2.24, 2.45) is 5.92 Å². The van der Waals surface area contributed by atoms with Crippen molar-refractivity contribution in [2.75, 3.05) is 45.7 Å². The van der Waals surface area contributed by atoms with Gasteiger partial charge in [0.05, 0.1) is 36.8 Å². The fraction of sp³-hybridized carbons (Fsp3) is 0.704. The zero-order valence-electron chi connectivity index (χ0n) is 23.0. The number of hydrogen-bond acceptors (Lipinski definition) is 6. The van der Waals surface area contributed by atoms with Crippen LogP contribution >= 0.6 is 0 Å². The molecule has 1 aliphatic rings. The van der Waals surface area contributed by atoms with Crippen LogP contribution in [0.3, 0.4) is 0 Å². The summed E-state index contributed by atoms with van der Waals surface area (Å²) in [5.74, 6) is -0.959. The molecule has 0 aliphatic carbocycles. The third-order valence-electron chi connectivity index (χ3n) is 6.52. The number of rotatable bonds is 7. The summed E-state index contributed by atoms with van der Waals surface area (Å²) in [5.41, 5.74) is 0.361. The second-order valence-electron chi connectivity index (χ2n) is 10.4. The van der Waals surface area contributed by atoms with Crippen LogP contribution < -0.4 is 10.1 Å². The van der Waals surface area contributed by atoms with E-state index in [2.05, 4.69) is 5.32 Å². The maximum absolute atomic E-state index is 13.9. The highest BCUT2D eigenvalue weighted by molar-refractivity contribution is 5.99. The molecule has 0 radical (unpaired) electrons. The molecule has 4 atom stereocenters. The van der Waals surface area contributed by atoms with Gasteiger partial charge in [0.25, 0.3) is 5.91 Å². The Morgan fingerprint density at radius 2 is 1.97 bits per heavy atom. The molecule has 0 unspecified atom stereocenters. The predicted octanol–water partition coefficient (Wildman–Crippen LogP) is 4.32. The van der Waals surface area contributed by atoms with Gasteiger partial charge in [0, 0.05) is 37.7 Å². The molecule has 0 aromatic heterocycles. The number of amides is 2. The first-order valence-electron chi connectivity index (χ1n) is 13.2. The first-order chi connectivity index (χ1) is 17.8. The third-order valence-corrected chi connectivity index (χ3v) is 6.52. The lowest BCUT2D eigenvalue weighted by molar-refractivity contribution is -0.142. The van der Waals surface area contributed by atoms with Crippen molar-refractivity contribution in [3.63, 3.8) is 0 Å². The fourth-order valence-corrected chi connectivity index (χ4v) is 4.30. The van der Waals surface area contributed by atoms with Crippen molar-refractivity contribution in [1.82, 2.24) is 9.80 Å². The minimum atomic E-state index is -4.44. The topological polar surface area (TPSA) is 91.3 Å². The maximum Gasteiger partial charge on any atom is 0.389 e. The van der Waals surface area contributed by atoms with E-state index in [9.17, 15) is 27.9 Å². The Balaban J connectivity index is 2.43. The molecular formula is C27H42F3N3O5. The number of fused-ring (bicyclic) bond motifs is 1. The molecule has 0 bridgehead atoms. The zero-order valence-corrected chi connectivity index (χ0v) is 23.0. The number of carbonyl (C=O) groups excluding carboxylic acids is 2. The summed E-state index contributed by atoms with van der Waals surface area (Å²) in [6.07, 6.45) is -4.29. The lowest BCUT2D eigenvalue weighted by atomic mass is 10.0. The molecule has 1 aromatic carbocycles. The molecule has 1 heterocycles. The first kappa shape index (κ1) is 31.8. The summed E-state index contributed by atoms with van der Waals surface area (Å²) in [6.45, 7) is 6.93. The molecule has 0 saturated heterocycles. The Hall–Kier alpha value is -2.37. The number of halogens is 3. The van der Waals surface area contributed by atoms with Gasteiger partial charge in [-0.3, -0.25) is 9.59 Å². The third kappa shape index (κ3) is 10.4. The van der Waals surface area contributed by atoms with Crippen molar-refractivity contribution in [1.29, 1.82) is 0 Å². The molecule has 216 valence electrons. The van der Waals surface area contributed by atoms with E-state index in [1.807, 2.05) is 32.8 Å². The predicted molar refractivity (Wildman–Crippen MR) is 139 cm³/mol. The maximum atomic E-state index is 13.9.